The number of allylic oxidation sites excluding steroid dienone is 2. The van der Waals surface area contributed by atoms with Crippen molar-refractivity contribution < 1.29 is 0 Å². The van der Waals surface area contributed by atoms with Crippen molar-refractivity contribution in [2.75, 3.05) is 0 Å². The summed E-state index contributed by atoms with van der Waals surface area (Å²) in [6.45, 7) is 8.64. The summed E-state index contributed by atoms with van der Waals surface area (Å²) < 4.78 is 0. The molecule has 0 fully saturated rings. The highest BCUT2D eigenvalue weighted by Crippen LogP contribution is 2.07. The first-order valence-electron chi connectivity index (χ1n) is 6.93. The van der Waals surface area contributed by atoms with Gasteiger partial charge in [-0.2, -0.15) is 0 Å². The molecule has 0 saturated heterocycles. The lowest BCUT2D eigenvalue weighted by atomic mass is 10.1. The fraction of sp³-hybridized carbons (Fsp3) is 0.647. The van der Waals surface area contributed by atoms with Gasteiger partial charge in [0.25, 0.3) is 0 Å². The molecule has 0 rings (SSSR count). The van der Waals surface area contributed by atoms with Crippen LogP contribution in [-0.4, -0.2) is 0 Å². The third-order valence-electron chi connectivity index (χ3n) is 2.63. The third kappa shape index (κ3) is 8.65. The van der Waals surface area contributed by atoms with Crippen molar-refractivity contribution in [3.05, 3.63) is 11.1 Å². The first-order chi connectivity index (χ1) is 8.26. The van der Waals surface area contributed by atoms with Gasteiger partial charge in [0, 0.05) is 24.0 Å². The van der Waals surface area contributed by atoms with E-state index in [1.165, 1.54) is 31.3 Å². The molecule has 0 atom stereocenters. The summed E-state index contributed by atoms with van der Waals surface area (Å²) >= 11 is 0. The maximum Gasteiger partial charge on any atom is 0.0130 e. The summed E-state index contributed by atoms with van der Waals surface area (Å²) in [5, 5.41) is 0. The second-order valence-corrected chi connectivity index (χ2v) is 4.27. The molecule has 0 unspecified atom stereocenters. The van der Waals surface area contributed by atoms with Crippen molar-refractivity contribution in [1.29, 1.82) is 0 Å². The van der Waals surface area contributed by atoms with Crippen molar-refractivity contribution in [2.24, 2.45) is 0 Å². The third-order valence-corrected chi connectivity index (χ3v) is 2.63. The van der Waals surface area contributed by atoms with E-state index in [9.17, 15) is 0 Å². The van der Waals surface area contributed by atoms with E-state index in [4.69, 9.17) is 0 Å². The van der Waals surface area contributed by atoms with Gasteiger partial charge in [0.1, 0.15) is 0 Å². The predicted octanol–water partition coefficient (Wildman–Crippen LogP) is 5.10. The zero-order valence-electron chi connectivity index (χ0n) is 11.9. The zero-order chi connectivity index (χ0) is 12.9. The molecule has 0 nitrogen and oxygen atoms in total. The fourth-order valence-corrected chi connectivity index (χ4v) is 1.42. The molecule has 0 bridgehead atoms. The van der Waals surface area contributed by atoms with E-state index >= 15 is 0 Å². The number of rotatable bonds is 5. The van der Waals surface area contributed by atoms with Crippen LogP contribution < -0.4 is 0 Å². The van der Waals surface area contributed by atoms with E-state index in [1.807, 2.05) is 0 Å². The van der Waals surface area contributed by atoms with Gasteiger partial charge in [-0.3, -0.25) is 0 Å². The number of hydrogen-bond donors (Lipinski definition) is 0. The summed E-state index contributed by atoms with van der Waals surface area (Å²) in [6, 6.07) is 0. The Labute approximate surface area is 108 Å². The molecule has 0 aromatic carbocycles. The standard InChI is InChI=1S/C17H26/c1-5-8-10-12-14-16(4)17(7-3)15-13-11-9-6-2/h5-11H2,1-4H3/b17-16+. The summed E-state index contributed by atoms with van der Waals surface area (Å²) in [7, 11) is 0. The fourth-order valence-electron chi connectivity index (χ4n) is 1.42. The van der Waals surface area contributed by atoms with Crippen molar-refractivity contribution in [3.63, 3.8) is 0 Å². The first-order valence-corrected chi connectivity index (χ1v) is 6.93. The molecular formula is C17H26. The smallest absolute Gasteiger partial charge is 0.0130 e. The van der Waals surface area contributed by atoms with E-state index < -0.39 is 0 Å². The minimum atomic E-state index is 0.993. The molecule has 0 N–H and O–H groups in total. The predicted molar refractivity (Wildman–Crippen MR) is 77.6 cm³/mol. The Balaban J connectivity index is 4.43. The Morgan fingerprint density at radius 2 is 1.35 bits per heavy atom. The Kier molecular flexibility index (Phi) is 10.6. The highest BCUT2D eigenvalue weighted by atomic mass is 14.0. The van der Waals surface area contributed by atoms with E-state index in [2.05, 4.69) is 51.4 Å². The quantitative estimate of drug-likeness (QED) is 0.455. The van der Waals surface area contributed by atoms with E-state index in [0.29, 0.717) is 0 Å². The van der Waals surface area contributed by atoms with Crippen LogP contribution in [-0.2, 0) is 0 Å². The molecule has 0 saturated carbocycles. The summed E-state index contributed by atoms with van der Waals surface area (Å²) in [5.41, 5.74) is 2.37. The Morgan fingerprint density at radius 3 is 1.82 bits per heavy atom. The lowest BCUT2D eigenvalue weighted by Gasteiger charge is -1.96. The van der Waals surface area contributed by atoms with Crippen molar-refractivity contribution in [3.8, 4) is 23.7 Å². The van der Waals surface area contributed by atoms with Crippen LogP contribution in [0.3, 0.4) is 0 Å². The monoisotopic (exact) mass is 230 g/mol. The van der Waals surface area contributed by atoms with Crippen LogP contribution in [0.1, 0.15) is 72.6 Å². The Hall–Kier alpha value is -1.14. The van der Waals surface area contributed by atoms with Gasteiger partial charge in [0.05, 0.1) is 0 Å². The molecule has 0 amide bonds. The highest BCUT2D eigenvalue weighted by Gasteiger charge is 1.93. The molecule has 0 aliphatic rings. The van der Waals surface area contributed by atoms with Crippen molar-refractivity contribution in [2.45, 2.75) is 72.6 Å². The second-order valence-electron chi connectivity index (χ2n) is 4.27. The zero-order valence-corrected chi connectivity index (χ0v) is 11.9. The van der Waals surface area contributed by atoms with E-state index in [0.717, 1.165) is 24.8 Å². The van der Waals surface area contributed by atoms with Gasteiger partial charge >= 0.3 is 0 Å². The average molecular weight is 230 g/mol. The summed E-state index contributed by atoms with van der Waals surface area (Å²) in [5.74, 6) is 13.0. The van der Waals surface area contributed by atoms with E-state index in [-0.39, 0.29) is 0 Å². The largest absolute Gasteiger partial charge is 0.0982 e. The second kappa shape index (κ2) is 11.3. The van der Waals surface area contributed by atoms with Crippen molar-refractivity contribution in [1.82, 2.24) is 0 Å². The van der Waals surface area contributed by atoms with Crippen LogP contribution in [0.25, 0.3) is 0 Å². The first kappa shape index (κ1) is 15.9. The van der Waals surface area contributed by atoms with Gasteiger partial charge in [-0.05, 0) is 26.2 Å². The molecule has 0 aliphatic carbocycles. The number of unbranched alkanes of at least 4 members (excludes halogenated alkanes) is 4. The molecule has 0 aromatic rings. The maximum absolute atomic E-state index is 3.27. The molecule has 0 heteroatoms. The molecule has 0 aliphatic heterocycles. The molecule has 0 radical (unpaired) electrons. The van der Waals surface area contributed by atoms with Gasteiger partial charge in [0.2, 0.25) is 0 Å². The minimum absolute atomic E-state index is 0.993. The number of hydrogen-bond acceptors (Lipinski definition) is 0. The van der Waals surface area contributed by atoms with Crippen LogP contribution in [0.5, 0.6) is 0 Å². The van der Waals surface area contributed by atoms with Crippen molar-refractivity contribution >= 4 is 0 Å². The average Bonchev–Trinajstić information content (AvgIpc) is 2.34. The van der Waals surface area contributed by atoms with E-state index in [1.54, 1.807) is 0 Å². The normalized spacial score (nSPS) is 10.8. The van der Waals surface area contributed by atoms with Gasteiger partial charge < -0.3 is 0 Å². The van der Waals surface area contributed by atoms with Crippen LogP contribution in [0.2, 0.25) is 0 Å². The SMILES string of the molecule is CCCCC#C/C(C)=C(/C#CCCCC)CC. The minimum Gasteiger partial charge on any atom is -0.0982 e. The lowest BCUT2D eigenvalue weighted by Crippen LogP contribution is -1.82. The molecule has 0 spiro atoms. The highest BCUT2D eigenvalue weighted by molar-refractivity contribution is 5.41. The van der Waals surface area contributed by atoms with Gasteiger partial charge in [-0.1, -0.05) is 57.3 Å². The van der Waals surface area contributed by atoms with Gasteiger partial charge in [-0.15, -0.1) is 0 Å². The Bertz CT molecular complexity index is 336. The molecule has 17 heavy (non-hydrogen) atoms. The summed E-state index contributed by atoms with van der Waals surface area (Å²) in [4.78, 5) is 0. The van der Waals surface area contributed by atoms with Gasteiger partial charge in [-0.25, -0.2) is 0 Å². The lowest BCUT2D eigenvalue weighted by molar-refractivity contribution is 0.827. The topological polar surface area (TPSA) is 0 Å². The van der Waals surface area contributed by atoms with Crippen LogP contribution in [0, 0.1) is 23.7 Å². The Morgan fingerprint density at radius 1 is 0.824 bits per heavy atom. The molecular weight excluding hydrogens is 204 g/mol. The van der Waals surface area contributed by atoms with Crippen LogP contribution >= 0.6 is 0 Å². The maximum atomic E-state index is 3.27. The summed E-state index contributed by atoms with van der Waals surface area (Å²) in [6.07, 6.45) is 7.84. The van der Waals surface area contributed by atoms with Crippen LogP contribution in [0.4, 0.5) is 0 Å². The molecule has 0 heterocycles. The van der Waals surface area contributed by atoms with Gasteiger partial charge in [0.15, 0.2) is 0 Å². The molecule has 0 aromatic heterocycles. The van der Waals surface area contributed by atoms with Crippen LogP contribution in [0.15, 0.2) is 11.1 Å². The molecule has 94 valence electrons.